The Balaban J connectivity index is 1.78. The molecule has 0 spiro atoms. The maximum atomic E-state index is 5.66. The first kappa shape index (κ1) is 11.7. The first-order valence-electron chi connectivity index (χ1n) is 5.48. The van der Waals surface area contributed by atoms with Crippen molar-refractivity contribution in [2.45, 2.75) is 12.5 Å². The van der Waals surface area contributed by atoms with Gasteiger partial charge in [0.2, 0.25) is 0 Å². The van der Waals surface area contributed by atoms with E-state index in [2.05, 4.69) is 11.6 Å². The molecule has 1 aromatic carbocycles. The van der Waals surface area contributed by atoms with Gasteiger partial charge in [0.25, 0.3) is 0 Å². The molecule has 1 heterocycles. The number of ether oxygens (including phenoxy) is 1. The Morgan fingerprint density at radius 2 is 2.44 bits per heavy atom. The van der Waals surface area contributed by atoms with E-state index in [4.69, 9.17) is 9.39 Å². The Labute approximate surface area is 101 Å². The highest BCUT2D eigenvalue weighted by Crippen LogP contribution is 2.20. The fourth-order valence-electron chi connectivity index (χ4n) is 1.39. The van der Waals surface area contributed by atoms with Gasteiger partial charge in [0.1, 0.15) is 11.9 Å². The molecule has 1 unspecified atom stereocenters. The quantitative estimate of drug-likeness (QED) is 0.446. The molecule has 0 aromatic heterocycles. The second-order valence-corrected chi connectivity index (χ2v) is 4.67. The number of benzene rings is 1. The zero-order valence-corrected chi connectivity index (χ0v) is 10.3. The molecule has 16 heavy (non-hydrogen) atoms. The van der Waals surface area contributed by atoms with Gasteiger partial charge in [0.05, 0.1) is 6.61 Å². The predicted octanol–water partition coefficient (Wildman–Crippen LogP) is 1.90. The van der Waals surface area contributed by atoms with Gasteiger partial charge in [0.15, 0.2) is 0 Å². The lowest BCUT2D eigenvalue weighted by Crippen LogP contribution is -2.04. The second kappa shape index (κ2) is 6.06. The molecule has 0 saturated carbocycles. The summed E-state index contributed by atoms with van der Waals surface area (Å²) < 4.78 is 10.8. The molecular weight excluding hydrogens is 221 g/mol. The maximum absolute atomic E-state index is 5.66. The van der Waals surface area contributed by atoms with Gasteiger partial charge in [-0.15, -0.1) is 0 Å². The van der Waals surface area contributed by atoms with Crippen LogP contribution in [0.5, 0.6) is 5.75 Å². The molecule has 3 nitrogen and oxygen atoms in total. The Kier molecular flexibility index (Phi) is 4.42. The summed E-state index contributed by atoms with van der Waals surface area (Å²) in [5, 5.41) is 3.25. The smallest absolute Gasteiger partial charge is 0.329 e. The van der Waals surface area contributed by atoms with Gasteiger partial charge in [-0.1, -0.05) is 6.07 Å². The number of anilines is 1. The van der Waals surface area contributed by atoms with Gasteiger partial charge in [-0.05, 0) is 30.6 Å². The van der Waals surface area contributed by atoms with E-state index < -0.39 is 0 Å². The van der Waals surface area contributed by atoms with Crippen LogP contribution in [-0.4, -0.2) is 32.2 Å². The highest BCUT2D eigenvalue weighted by molar-refractivity contribution is 7.98. The van der Waals surface area contributed by atoms with Gasteiger partial charge in [0, 0.05) is 11.8 Å². The Morgan fingerprint density at radius 1 is 1.56 bits per heavy atom. The number of nitrogens with one attached hydrogen (secondary N) is 1. The summed E-state index contributed by atoms with van der Waals surface area (Å²) >= 11 is 1.85. The second-order valence-electron chi connectivity index (χ2n) is 3.69. The third-order valence-electron chi connectivity index (χ3n) is 2.26. The number of rotatable bonds is 7. The summed E-state index contributed by atoms with van der Waals surface area (Å²) in [4.78, 5) is 0. The van der Waals surface area contributed by atoms with Gasteiger partial charge in [-0.25, -0.2) is 0 Å². The van der Waals surface area contributed by atoms with Crippen molar-refractivity contribution in [3.05, 3.63) is 24.3 Å². The van der Waals surface area contributed by atoms with Crippen LogP contribution in [0, 0.1) is 0 Å². The van der Waals surface area contributed by atoms with Crippen LogP contribution in [0.25, 0.3) is 0 Å². The maximum Gasteiger partial charge on any atom is 0.329 e. The van der Waals surface area contributed by atoms with E-state index in [1.807, 2.05) is 36.0 Å². The highest BCUT2D eigenvalue weighted by atomic mass is 32.2. The molecule has 1 atom stereocenters. The van der Waals surface area contributed by atoms with Crippen molar-refractivity contribution >= 4 is 24.9 Å². The first-order chi connectivity index (χ1) is 7.88. The molecule has 0 radical (unpaired) electrons. The monoisotopic (exact) mass is 237 g/mol. The largest absolute Gasteiger partial charge is 0.493 e. The summed E-state index contributed by atoms with van der Waals surface area (Å²) in [6, 6.07) is 8.02. The summed E-state index contributed by atoms with van der Waals surface area (Å²) in [5.74, 6) is 2.07. The van der Waals surface area contributed by atoms with E-state index in [-0.39, 0.29) is 6.13 Å². The minimum Gasteiger partial charge on any atom is -0.493 e. The predicted molar refractivity (Wildman–Crippen MR) is 70.6 cm³/mol. The Hall–Kier alpha value is -0.805. The zero-order valence-electron chi connectivity index (χ0n) is 9.44. The topological polar surface area (TPSA) is 33.8 Å². The van der Waals surface area contributed by atoms with Crippen molar-refractivity contribution in [3.63, 3.8) is 0 Å². The van der Waals surface area contributed by atoms with Crippen LogP contribution >= 0.6 is 11.8 Å². The van der Waals surface area contributed by atoms with Crippen LogP contribution in [0.2, 0.25) is 0 Å². The third kappa shape index (κ3) is 3.98. The van der Waals surface area contributed by atoms with Gasteiger partial charge in [-0.2, -0.15) is 11.8 Å². The van der Waals surface area contributed by atoms with E-state index in [9.17, 15) is 0 Å². The van der Waals surface area contributed by atoms with E-state index in [1.165, 1.54) is 0 Å². The van der Waals surface area contributed by atoms with Gasteiger partial charge in [-0.3, -0.25) is 0 Å². The average molecular weight is 237 g/mol. The summed E-state index contributed by atoms with van der Waals surface area (Å²) in [6.45, 7) is 0.782. The van der Waals surface area contributed by atoms with Crippen molar-refractivity contribution in [1.82, 2.24) is 0 Å². The summed E-state index contributed by atoms with van der Waals surface area (Å²) in [7, 11) is 0.804. The fourth-order valence-corrected chi connectivity index (χ4v) is 1.79. The molecule has 2 rings (SSSR count). The third-order valence-corrected chi connectivity index (χ3v) is 2.95. The molecule has 0 bridgehead atoms. The van der Waals surface area contributed by atoms with E-state index in [1.54, 1.807) is 0 Å². The molecular formula is C11H16BNO2S. The minimum absolute atomic E-state index is 0.201. The standard InChI is InChI=1S/C11H16BNO2S/c1-16-7-3-6-14-10-5-2-4-9(8-10)13-11-12-15-11/h2,4-5,8,11-13H,3,6-7H2,1H3. The molecule has 1 aliphatic rings. The first-order valence-corrected chi connectivity index (χ1v) is 6.88. The van der Waals surface area contributed by atoms with Gasteiger partial charge < -0.3 is 14.7 Å². The molecule has 86 valence electrons. The van der Waals surface area contributed by atoms with Crippen LogP contribution in [0.1, 0.15) is 6.42 Å². The Bertz CT molecular complexity index is 334. The molecule has 1 saturated heterocycles. The normalized spacial score (nSPS) is 17.7. The zero-order chi connectivity index (χ0) is 11.2. The lowest BCUT2D eigenvalue weighted by atomic mass is 10.1. The lowest BCUT2D eigenvalue weighted by molar-refractivity contribution is 0.319. The molecule has 1 aromatic rings. The van der Waals surface area contributed by atoms with Crippen LogP contribution in [0.15, 0.2) is 24.3 Å². The number of hydrogen-bond donors (Lipinski definition) is 1. The molecule has 5 heteroatoms. The fraction of sp³-hybridized carbons (Fsp3) is 0.455. The van der Waals surface area contributed by atoms with Crippen molar-refractivity contribution in [2.75, 3.05) is 23.9 Å². The van der Waals surface area contributed by atoms with E-state index in [0.29, 0.717) is 0 Å². The van der Waals surface area contributed by atoms with Crippen LogP contribution in [0.4, 0.5) is 5.69 Å². The van der Waals surface area contributed by atoms with Crippen molar-refractivity contribution in [2.24, 2.45) is 0 Å². The summed E-state index contributed by atoms with van der Waals surface area (Å²) in [5.41, 5.74) is 1.06. The molecule has 0 amide bonds. The Morgan fingerprint density at radius 3 is 3.19 bits per heavy atom. The molecule has 1 N–H and O–H groups in total. The lowest BCUT2D eigenvalue weighted by Gasteiger charge is -2.08. The minimum atomic E-state index is 0.201. The van der Waals surface area contributed by atoms with Crippen molar-refractivity contribution in [3.8, 4) is 5.75 Å². The van der Waals surface area contributed by atoms with Gasteiger partial charge >= 0.3 is 7.48 Å². The number of hydrogen-bond acceptors (Lipinski definition) is 4. The average Bonchev–Trinajstić information content (AvgIpc) is 3.09. The van der Waals surface area contributed by atoms with E-state index in [0.717, 1.165) is 37.7 Å². The van der Waals surface area contributed by atoms with Crippen LogP contribution in [-0.2, 0) is 4.65 Å². The SMILES string of the molecule is CSCCCOc1cccc(NC2BO2)c1. The molecule has 1 fully saturated rings. The molecule has 0 aliphatic carbocycles. The highest BCUT2D eigenvalue weighted by Gasteiger charge is 2.24. The van der Waals surface area contributed by atoms with Crippen molar-refractivity contribution in [1.29, 1.82) is 0 Å². The van der Waals surface area contributed by atoms with Crippen LogP contribution in [0.3, 0.4) is 0 Å². The number of thioether (sulfide) groups is 1. The molecule has 1 aliphatic heterocycles. The van der Waals surface area contributed by atoms with Crippen molar-refractivity contribution < 1.29 is 9.39 Å². The summed E-state index contributed by atoms with van der Waals surface area (Å²) in [6.07, 6.45) is 3.40. The van der Waals surface area contributed by atoms with E-state index >= 15 is 0 Å². The van der Waals surface area contributed by atoms with Crippen LogP contribution < -0.4 is 10.1 Å².